The maximum absolute atomic E-state index is 13.2. The van der Waals surface area contributed by atoms with E-state index in [1.165, 1.54) is 12.0 Å². The van der Waals surface area contributed by atoms with Gasteiger partial charge >= 0.3 is 5.97 Å². The number of hydrogen-bond donors (Lipinski definition) is 1. The van der Waals surface area contributed by atoms with Crippen LogP contribution in [0.3, 0.4) is 0 Å². The van der Waals surface area contributed by atoms with Gasteiger partial charge in [-0.2, -0.15) is 0 Å². The maximum atomic E-state index is 13.2. The fraction of sp³-hybridized carbons (Fsp3) is 0.143. The molecule has 0 radical (unpaired) electrons. The lowest BCUT2D eigenvalue weighted by atomic mass is 9.94. The number of ether oxygens (including phenoxy) is 2. The van der Waals surface area contributed by atoms with Crippen LogP contribution >= 0.6 is 0 Å². The van der Waals surface area contributed by atoms with Crippen molar-refractivity contribution in [2.45, 2.75) is 12.6 Å². The minimum Gasteiger partial charge on any atom is -0.507 e. The Kier molecular flexibility index (Phi) is 7.25. The number of aromatic nitrogens is 1. The van der Waals surface area contributed by atoms with Gasteiger partial charge in [0.2, 0.25) is 0 Å². The summed E-state index contributed by atoms with van der Waals surface area (Å²) in [6.45, 7) is 4.04. The SMILES string of the molecule is C=CCOc1ccc(C(O)=C2C(=O)C(=O)N(Cc3cccnc3)[C@H]2c2ccc(C(=O)OC)cc2)cc1. The number of Topliss-reactive ketones (excluding diaryl/α,β-unsaturated/α-hetero) is 1. The third-order valence-electron chi connectivity index (χ3n) is 5.76. The van der Waals surface area contributed by atoms with E-state index >= 15 is 0 Å². The highest BCUT2D eigenvalue weighted by Gasteiger charge is 2.46. The molecule has 1 fully saturated rings. The molecule has 0 bridgehead atoms. The first-order valence-electron chi connectivity index (χ1n) is 11.1. The summed E-state index contributed by atoms with van der Waals surface area (Å²) in [7, 11) is 1.28. The number of benzene rings is 2. The van der Waals surface area contributed by atoms with Crippen molar-refractivity contribution in [1.29, 1.82) is 0 Å². The first-order valence-corrected chi connectivity index (χ1v) is 11.1. The van der Waals surface area contributed by atoms with Gasteiger partial charge in [0.25, 0.3) is 11.7 Å². The number of nitrogens with zero attached hydrogens (tertiary/aromatic N) is 2. The van der Waals surface area contributed by atoms with Crippen molar-refractivity contribution in [3.63, 3.8) is 0 Å². The van der Waals surface area contributed by atoms with Crippen LogP contribution in [0.1, 0.15) is 33.1 Å². The number of rotatable bonds is 8. The fourth-order valence-electron chi connectivity index (χ4n) is 4.02. The van der Waals surface area contributed by atoms with Gasteiger partial charge in [-0.25, -0.2) is 4.79 Å². The first kappa shape index (κ1) is 24.4. The van der Waals surface area contributed by atoms with Gasteiger partial charge in [0.05, 0.1) is 24.3 Å². The van der Waals surface area contributed by atoms with Crippen LogP contribution in [0, 0.1) is 0 Å². The Bertz CT molecular complexity index is 1310. The van der Waals surface area contributed by atoms with Gasteiger partial charge in [-0.3, -0.25) is 14.6 Å². The number of carbonyl (C=O) groups is 3. The second kappa shape index (κ2) is 10.7. The maximum Gasteiger partial charge on any atom is 0.337 e. The van der Waals surface area contributed by atoms with Crippen molar-refractivity contribution in [1.82, 2.24) is 9.88 Å². The largest absolute Gasteiger partial charge is 0.507 e. The normalized spacial score (nSPS) is 16.6. The van der Waals surface area contributed by atoms with Crippen molar-refractivity contribution < 1.29 is 29.0 Å². The van der Waals surface area contributed by atoms with Crippen LogP contribution in [0.4, 0.5) is 0 Å². The highest BCUT2D eigenvalue weighted by Crippen LogP contribution is 2.40. The summed E-state index contributed by atoms with van der Waals surface area (Å²) in [6, 6.07) is 15.6. The number of likely N-dealkylation sites (tertiary alicyclic amines) is 1. The molecule has 1 aliphatic rings. The van der Waals surface area contributed by atoms with Gasteiger partial charge in [-0.1, -0.05) is 30.9 Å². The molecule has 1 N–H and O–H groups in total. The number of carbonyl (C=O) groups excluding carboxylic acids is 3. The van der Waals surface area contributed by atoms with Crippen LogP contribution in [0.15, 0.2) is 91.3 Å². The number of pyridine rings is 1. The van der Waals surface area contributed by atoms with E-state index in [-0.39, 0.29) is 17.9 Å². The molecule has 0 spiro atoms. The summed E-state index contributed by atoms with van der Waals surface area (Å²) in [5, 5.41) is 11.2. The number of ketones is 1. The standard InChI is InChI=1S/C28H24N2O6/c1-3-15-36-22-12-10-20(11-13-22)25(31)23-24(19-6-8-21(9-7-19)28(34)35-2)30(27(33)26(23)32)17-18-5-4-14-29-16-18/h3-14,16,24,31H,1,15,17H2,2H3/t24-/m0/s1. The summed E-state index contributed by atoms with van der Waals surface area (Å²) in [5.41, 5.74) is 1.91. The molecule has 4 rings (SSSR count). The monoisotopic (exact) mass is 484 g/mol. The zero-order valence-corrected chi connectivity index (χ0v) is 19.6. The second-order valence-electron chi connectivity index (χ2n) is 8.03. The topological polar surface area (TPSA) is 106 Å². The molecule has 8 heteroatoms. The molecule has 0 unspecified atom stereocenters. The molecule has 1 aliphatic heterocycles. The number of amides is 1. The summed E-state index contributed by atoms with van der Waals surface area (Å²) < 4.78 is 10.2. The molecule has 2 aromatic carbocycles. The molecule has 0 saturated carbocycles. The van der Waals surface area contributed by atoms with E-state index in [9.17, 15) is 19.5 Å². The van der Waals surface area contributed by atoms with Crippen molar-refractivity contribution in [3.8, 4) is 5.75 Å². The van der Waals surface area contributed by atoms with Gasteiger partial charge in [0.1, 0.15) is 18.1 Å². The Morgan fingerprint density at radius 2 is 1.78 bits per heavy atom. The molecule has 1 saturated heterocycles. The number of aliphatic hydroxyl groups is 1. The fourth-order valence-corrected chi connectivity index (χ4v) is 4.02. The van der Waals surface area contributed by atoms with E-state index in [2.05, 4.69) is 11.6 Å². The zero-order valence-electron chi connectivity index (χ0n) is 19.6. The van der Waals surface area contributed by atoms with Gasteiger partial charge in [0.15, 0.2) is 0 Å². The van der Waals surface area contributed by atoms with Crippen LogP contribution in [0.2, 0.25) is 0 Å². The van der Waals surface area contributed by atoms with E-state index in [0.29, 0.717) is 29.0 Å². The highest BCUT2D eigenvalue weighted by molar-refractivity contribution is 6.46. The quantitative estimate of drug-likeness (QED) is 0.169. The van der Waals surface area contributed by atoms with Crippen LogP contribution in [-0.4, -0.2) is 46.4 Å². The van der Waals surface area contributed by atoms with Crippen molar-refractivity contribution in [2.24, 2.45) is 0 Å². The highest BCUT2D eigenvalue weighted by atomic mass is 16.5. The van der Waals surface area contributed by atoms with Crippen LogP contribution in [0.25, 0.3) is 5.76 Å². The van der Waals surface area contributed by atoms with E-state index in [0.717, 1.165) is 5.56 Å². The smallest absolute Gasteiger partial charge is 0.337 e. The predicted molar refractivity (Wildman–Crippen MR) is 132 cm³/mol. The van der Waals surface area contributed by atoms with Crippen molar-refractivity contribution in [3.05, 3.63) is 114 Å². The molecular formula is C28H24N2O6. The molecule has 1 aromatic heterocycles. The molecule has 2 heterocycles. The van der Waals surface area contributed by atoms with Crippen molar-refractivity contribution >= 4 is 23.4 Å². The summed E-state index contributed by atoms with van der Waals surface area (Å²) >= 11 is 0. The Labute approximate surface area is 208 Å². The summed E-state index contributed by atoms with van der Waals surface area (Å²) in [5.74, 6) is -1.79. The van der Waals surface area contributed by atoms with Gasteiger partial charge in [0, 0.05) is 24.5 Å². The number of hydrogen-bond acceptors (Lipinski definition) is 7. The lowest BCUT2D eigenvalue weighted by Gasteiger charge is -2.25. The molecule has 36 heavy (non-hydrogen) atoms. The van der Waals surface area contributed by atoms with E-state index in [1.807, 2.05) is 0 Å². The predicted octanol–water partition coefficient (Wildman–Crippen LogP) is 4.05. The van der Waals surface area contributed by atoms with Gasteiger partial charge in [-0.15, -0.1) is 0 Å². The average Bonchev–Trinajstić information content (AvgIpc) is 3.17. The summed E-state index contributed by atoms with van der Waals surface area (Å²) in [6.07, 6.45) is 4.84. The lowest BCUT2D eigenvalue weighted by Crippen LogP contribution is -2.29. The van der Waals surface area contributed by atoms with E-state index < -0.39 is 23.7 Å². The Morgan fingerprint density at radius 3 is 2.39 bits per heavy atom. The van der Waals surface area contributed by atoms with Crippen LogP contribution in [-0.2, 0) is 20.9 Å². The number of esters is 1. The van der Waals surface area contributed by atoms with Crippen LogP contribution < -0.4 is 4.74 Å². The Balaban J connectivity index is 1.79. The average molecular weight is 485 g/mol. The van der Waals surface area contributed by atoms with Crippen LogP contribution in [0.5, 0.6) is 5.75 Å². The molecule has 182 valence electrons. The molecular weight excluding hydrogens is 460 g/mol. The molecule has 0 aliphatic carbocycles. The number of aliphatic hydroxyl groups excluding tert-OH is 1. The Morgan fingerprint density at radius 1 is 1.08 bits per heavy atom. The van der Waals surface area contributed by atoms with Gasteiger partial charge < -0.3 is 19.5 Å². The van der Waals surface area contributed by atoms with Crippen molar-refractivity contribution in [2.75, 3.05) is 13.7 Å². The number of methoxy groups -OCH3 is 1. The minimum atomic E-state index is -0.881. The lowest BCUT2D eigenvalue weighted by molar-refractivity contribution is -0.140. The third-order valence-corrected chi connectivity index (χ3v) is 5.76. The molecule has 3 aromatic rings. The molecule has 8 nitrogen and oxygen atoms in total. The molecule has 1 atom stereocenters. The molecule has 1 amide bonds. The second-order valence-corrected chi connectivity index (χ2v) is 8.03. The summed E-state index contributed by atoms with van der Waals surface area (Å²) in [4.78, 5) is 43.7. The Hall–Kier alpha value is -4.72. The third kappa shape index (κ3) is 4.88. The minimum absolute atomic E-state index is 0.0468. The van der Waals surface area contributed by atoms with Gasteiger partial charge in [-0.05, 0) is 53.6 Å². The van der Waals surface area contributed by atoms with E-state index in [4.69, 9.17) is 9.47 Å². The van der Waals surface area contributed by atoms with E-state index in [1.54, 1.807) is 79.1 Å². The first-order chi connectivity index (χ1) is 17.4. The zero-order chi connectivity index (χ0) is 25.7.